The number of ether oxygens (including phenoxy) is 1. The zero-order valence-corrected chi connectivity index (χ0v) is 11.9. The third kappa shape index (κ3) is 4.66. The van der Waals surface area contributed by atoms with Crippen LogP contribution in [0.1, 0.15) is 6.42 Å². The van der Waals surface area contributed by atoms with Gasteiger partial charge in [0.25, 0.3) is 0 Å². The van der Waals surface area contributed by atoms with Crippen LogP contribution in [0.4, 0.5) is 5.69 Å². The molecule has 0 aliphatic rings. The second-order valence-corrected chi connectivity index (χ2v) is 4.91. The highest BCUT2D eigenvalue weighted by Crippen LogP contribution is 2.25. The molecule has 0 heterocycles. The van der Waals surface area contributed by atoms with Gasteiger partial charge in [0, 0.05) is 11.6 Å². The van der Waals surface area contributed by atoms with E-state index in [9.17, 15) is 0 Å². The maximum atomic E-state index is 6.06. The zero-order valence-electron chi connectivity index (χ0n) is 10.4. The Morgan fingerprint density at radius 2 is 1.79 bits per heavy atom. The van der Waals surface area contributed by atoms with E-state index in [2.05, 4.69) is 5.32 Å². The molecule has 0 spiro atoms. The molecular formula is C15H15Cl2NO. The van der Waals surface area contributed by atoms with Gasteiger partial charge in [-0.2, -0.15) is 0 Å². The number of halogens is 2. The Kier molecular flexibility index (Phi) is 5.37. The van der Waals surface area contributed by atoms with Crippen LogP contribution in [0.3, 0.4) is 0 Å². The van der Waals surface area contributed by atoms with Gasteiger partial charge in [0.2, 0.25) is 0 Å². The summed E-state index contributed by atoms with van der Waals surface area (Å²) in [5, 5.41) is 4.53. The monoisotopic (exact) mass is 295 g/mol. The first-order valence-electron chi connectivity index (χ1n) is 6.12. The van der Waals surface area contributed by atoms with Crippen LogP contribution >= 0.6 is 23.2 Å². The lowest BCUT2D eigenvalue weighted by Crippen LogP contribution is -2.07. The lowest BCUT2D eigenvalue weighted by molar-refractivity contribution is 0.315. The van der Waals surface area contributed by atoms with Crippen molar-refractivity contribution in [2.45, 2.75) is 6.42 Å². The smallest absolute Gasteiger partial charge is 0.119 e. The lowest BCUT2D eigenvalue weighted by atomic mass is 10.3. The van der Waals surface area contributed by atoms with Crippen molar-refractivity contribution in [1.82, 2.24) is 0 Å². The Hall–Kier alpha value is -1.38. The van der Waals surface area contributed by atoms with Gasteiger partial charge in [-0.15, -0.1) is 0 Å². The molecule has 0 amide bonds. The molecule has 0 aliphatic heterocycles. The molecule has 4 heteroatoms. The minimum atomic E-state index is 0.636. The molecule has 0 atom stereocenters. The average molecular weight is 296 g/mol. The summed E-state index contributed by atoms with van der Waals surface area (Å²) in [5.74, 6) is 0.895. The van der Waals surface area contributed by atoms with E-state index in [0.29, 0.717) is 16.7 Å². The number of para-hydroxylation sites is 1. The van der Waals surface area contributed by atoms with Crippen molar-refractivity contribution in [2.24, 2.45) is 0 Å². The Morgan fingerprint density at radius 1 is 1.00 bits per heavy atom. The van der Waals surface area contributed by atoms with Crippen LogP contribution in [0.15, 0.2) is 48.5 Å². The third-order valence-corrected chi connectivity index (χ3v) is 3.13. The second-order valence-electron chi connectivity index (χ2n) is 4.07. The molecule has 2 rings (SSSR count). The first-order valence-corrected chi connectivity index (χ1v) is 6.88. The number of rotatable bonds is 6. The third-order valence-electron chi connectivity index (χ3n) is 2.58. The highest BCUT2D eigenvalue weighted by molar-refractivity contribution is 6.36. The van der Waals surface area contributed by atoms with Crippen molar-refractivity contribution in [2.75, 3.05) is 18.5 Å². The maximum absolute atomic E-state index is 6.06. The summed E-state index contributed by atoms with van der Waals surface area (Å²) in [6.07, 6.45) is 0.897. The van der Waals surface area contributed by atoms with Crippen molar-refractivity contribution in [1.29, 1.82) is 0 Å². The van der Waals surface area contributed by atoms with Crippen molar-refractivity contribution in [3.05, 3.63) is 58.6 Å². The highest BCUT2D eigenvalue weighted by atomic mass is 35.5. The number of nitrogens with one attached hydrogen (secondary N) is 1. The fourth-order valence-electron chi connectivity index (χ4n) is 1.63. The predicted octanol–water partition coefficient (Wildman–Crippen LogP) is 4.87. The number of benzene rings is 2. The molecule has 0 fully saturated rings. The molecule has 0 radical (unpaired) electrons. The minimum absolute atomic E-state index is 0.636. The zero-order chi connectivity index (χ0) is 13.5. The van der Waals surface area contributed by atoms with Crippen LogP contribution < -0.4 is 10.1 Å². The van der Waals surface area contributed by atoms with E-state index >= 15 is 0 Å². The van der Waals surface area contributed by atoms with E-state index in [0.717, 1.165) is 24.4 Å². The van der Waals surface area contributed by atoms with Crippen LogP contribution in [-0.4, -0.2) is 13.2 Å². The molecule has 2 aromatic rings. The van der Waals surface area contributed by atoms with Crippen molar-refractivity contribution in [3.8, 4) is 5.75 Å². The van der Waals surface area contributed by atoms with Gasteiger partial charge in [-0.05, 0) is 36.8 Å². The fraction of sp³-hybridized carbons (Fsp3) is 0.200. The summed E-state index contributed by atoms with van der Waals surface area (Å²) in [4.78, 5) is 0. The highest BCUT2D eigenvalue weighted by Gasteiger charge is 2.00. The van der Waals surface area contributed by atoms with Crippen LogP contribution in [0.2, 0.25) is 10.0 Å². The molecule has 0 bridgehead atoms. The fourth-order valence-corrected chi connectivity index (χ4v) is 2.11. The lowest BCUT2D eigenvalue weighted by Gasteiger charge is -2.09. The quantitative estimate of drug-likeness (QED) is 0.767. The van der Waals surface area contributed by atoms with E-state index in [4.69, 9.17) is 27.9 Å². The van der Waals surface area contributed by atoms with Gasteiger partial charge < -0.3 is 10.1 Å². The van der Waals surface area contributed by atoms with Crippen molar-refractivity contribution >= 4 is 28.9 Å². The topological polar surface area (TPSA) is 21.3 Å². The molecule has 19 heavy (non-hydrogen) atoms. The predicted molar refractivity (Wildman–Crippen MR) is 81.5 cm³/mol. The molecule has 2 aromatic carbocycles. The molecule has 100 valence electrons. The Labute approximate surface area is 123 Å². The Morgan fingerprint density at radius 3 is 2.53 bits per heavy atom. The van der Waals surface area contributed by atoms with Gasteiger partial charge in [-0.1, -0.05) is 41.4 Å². The van der Waals surface area contributed by atoms with Crippen molar-refractivity contribution < 1.29 is 4.74 Å². The van der Waals surface area contributed by atoms with Gasteiger partial charge in [0.1, 0.15) is 5.75 Å². The first kappa shape index (κ1) is 14.0. The molecular weight excluding hydrogens is 281 g/mol. The molecule has 0 aromatic heterocycles. The van der Waals surface area contributed by atoms with Gasteiger partial charge in [-0.3, -0.25) is 0 Å². The van der Waals surface area contributed by atoms with E-state index in [1.165, 1.54) is 0 Å². The van der Waals surface area contributed by atoms with Crippen molar-refractivity contribution in [3.63, 3.8) is 0 Å². The largest absolute Gasteiger partial charge is 0.494 e. The summed E-state index contributed by atoms with van der Waals surface area (Å²) < 4.78 is 5.60. The van der Waals surface area contributed by atoms with Gasteiger partial charge >= 0.3 is 0 Å². The maximum Gasteiger partial charge on any atom is 0.119 e. The molecule has 0 unspecified atom stereocenters. The van der Waals surface area contributed by atoms with E-state index in [1.54, 1.807) is 6.07 Å². The summed E-state index contributed by atoms with van der Waals surface area (Å²) in [5.41, 5.74) is 0.894. The molecule has 0 saturated heterocycles. The Bertz CT molecular complexity index is 517. The first-order chi connectivity index (χ1) is 9.25. The number of anilines is 1. The van der Waals surface area contributed by atoms with Gasteiger partial charge in [-0.25, -0.2) is 0 Å². The standard InChI is InChI=1S/C15H15Cl2NO/c16-12-7-8-15(14(17)11-12)18-9-4-10-19-13-5-2-1-3-6-13/h1-3,5-8,11,18H,4,9-10H2. The molecule has 0 aliphatic carbocycles. The average Bonchev–Trinajstić information content (AvgIpc) is 2.42. The number of hydrogen-bond donors (Lipinski definition) is 1. The summed E-state index contributed by atoms with van der Waals surface area (Å²) >= 11 is 11.9. The van der Waals surface area contributed by atoms with Crippen LogP contribution in [0.25, 0.3) is 0 Å². The Balaban J connectivity index is 1.69. The molecule has 1 N–H and O–H groups in total. The minimum Gasteiger partial charge on any atom is -0.494 e. The van der Waals surface area contributed by atoms with Crippen LogP contribution in [0, 0.1) is 0 Å². The number of hydrogen-bond acceptors (Lipinski definition) is 2. The SMILES string of the molecule is Clc1ccc(NCCCOc2ccccc2)c(Cl)c1. The van der Waals surface area contributed by atoms with Gasteiger partial charge in [0.05, 0.1) is 17.3 Å². The van der Waals surface area contributed by atoms with E-state index < -0.39 is 0 Å². The van der Waals surface area contributed by atoms with E-state index in [1.807, 2.05) is 42.5 Å². The summed E-state index contributed by atoms with van der Waals surface area (Å²) in [6.45, 7) is 1.47. The molecule has 2 nitrogen and oxygen atoms in total. The summed E-state index contributed by atoms with van der Waals surface area (Å²) in [7, 11) is 0. The van der Waals surface area contributed by atoms with E-state index in [-0.39, 0.29) is 0 Å². The summed E-state index contributed by atoms with van der Waals surface area (Å²) in [6, 6.07) is 15.2. The van der Waals surface area contributed by atoms with Crippen LogP contribution in [-0.2, 0) is 0 Å². The van der Waals surface area contributed by atoms with Crippen LogP contribution in [0.5, 0.6) is 5.75 Å². The normalized spacial score (nSPS) is 10.2. The second kappa shape index (κ2) is 7.27. The molecule has 0 saturated carbocycles. The van der Waals surface area contributed by atoms with Gasteiger partial charge in [0.15, 0.2) is 0 Å².